The van der Waals surface area contributed by atoms with Crippen molar-refractivity contribution in [2.24, 2.45) is 0 Å². The molecule has 0 saturated heterocycles. The highest BCUT2D eigenvalue weighted by Crippen LogP contribution is 2.29. The molecule has 10 heteroatoms. The molecular weight excluding hydrogens is 466 g/mol. The number of amides is 1. The van der Waals surface area contributed by atoms with Gasteiger partial charge in [0.2, 0.25) is 0 Å². The maximum Gasteiger partial charge on any atom is 0.358 e. The number of fused-ring (bicyclic) bond motifs is 2. The summed E-state index contributed by atoms with van der Waals surface area (Å²) in [6, 6.07) is 8.70. The Morgan fingerprint density at radius 2 is 1.94 bits per heavy atom. The summed E-state index contributed by atoms with van der Waals surface area (Å²) in [4.78, 5) is 43.9. The maximum atomic E-state index is 13.2. The average molecular weight is 492 g/mol. The van der Waals surface area contributed by atoms with Crippen molar-refractivity contribution in [3.63, 3.8) is 0 Å². The number of benzene rings is 1. The summed E-state index contributed by atoms with van der Waals surface area (Å²) >= 11 is 1.26. The van der Waals surface area contributed by atoms with Crippen LogP contribution in [0.4, 0.5) is 5.69 Å². The Bertz CT molecular complexity index is 1480. The van der Waals surface area contributed by atoms with Crippen LogP contribution in [0, 0.1) is 6.92 Å². The molecule has 1 amide bonds. The highest BCUT2D eigenvalue weighted by atomic mass is 32.1. The molecule has 0 saturated carbocycles. The number of aryl methyl sites for hydroxylation is 2. The van der Waals surface area contributed by atoms with Crippen LogP contribution >= 0.6 is 11.3 Å². The fourth-order valence-electron chi connectivity index (χ4n) is 4.29. The zero-order chi connectivity index (χ0) is 24.5. The Balaban J connectivity index is 1.37. The van der Waals surface area contributed by atoms with E-state index in [9.17, 15) is 14.4 Å². The predicted molar refractivity (Wildman–Crippen MR) is 134 cm³/mol. The lowest BCUT2D eigenvalue weighted by Crippen LogP contribution is -2.24. The van der Waals surface area contributed by atoms with Crippen molar-refractivity contribution in [1.29, 1.82) is 0 Å². The number of nitrogens with zero attached hydrogens (tertiary/aromatic N) is 4. The molecular formula is C25H25N5O4S. The number of esters is 1. The van der Waals surface area contributed by atoms with Gasteiger partial charge in [-0.05, 0) is 62.6 Å². The van der Waals surface area contributed by atoms with Crippen LogP contribution < -0.4 is 10.9 Å². The molecule has 1 aliphatic rings. The van der Waals surface area contributed by atoms with Gasteiger partial charge in [0.15, 0.2) is 5.69 Å². The third kappa shape index (κ3) is 4.37. The van der Waals surface area contributed by atoms with Gasteiger partial charge in [-0.1, -0.05) is 6.42 Å². The monoisotopic (exact) mass is 491 g/mol. The van der Waals surface area contributed by atoms with Crippen molar-refractivity contribution in [3.05, 3.63) is 68.8 Å². The number of rotatable bonds is 5. The number of carbonyl (C=O) groups is 2. The number of thiophene rings is 1. The van der Waals surface area contributed by atoms with Crippen LogP contribution in [0.3, 0.4) is 0 Å². The van der Waals surface area contributed by atoms with E-state index in [0.29, 0.717) is 32.9 Å². The first-order valence-corrected chi connectivity index (χ1v) is 12.5. The molecule has 0 atom stereocenters. The van der Waals surface area contributed by atoms with Gasteiger partial charge in [0.1, 0.15) is 10.7 Å². The fraction of sp³-hybridized carbons (Fsp3) is 0.320. The zero-order valence-corrected chi connectivity index (χ0v) is 20.4. The molecule has 4 heterocycles. The van der Waals surface area contributed by atoms with Gasteiger partial charge in [-0.15, -0.1) is 11.3 Å². The first-order chi connectivity index (χ1) is 17.0. The standard InChI is InChI=1S/C25H25N5O4S/c1-3-34-25(33)18-12-14-30(28-18)17-10-8-16(9-11-17)26-22(31)21-15(2)20-23(35-21)27-19-7-5-4-6-13-29(19)24(20)32/h8-12,14H,3-7,13H2,1-2H3,(H,26,31). The quantitative estimate of drug-likeness (QED) is 0.421. The highest BCUT2D eigenvalue weighted by molar-refractivity contribution is 7.20. The maximum absolute atomic E-state index is 13.2. The molecule has 1 N–H and O–H groups in total. The topological polar surface area (TPSA) is 108 Å². The molecule has 0 radical (unpaired) electrons. The third-order valence-electron chi connectivity index (χ3n) is 6.08. The van der Waals surface area contributed by atoms with Crippen molar-refractivity contribution < 1.29 is 14.3 Å². The van der Waals surface area contributed by atoms with Crippen LogP contribution in [0.5, 0.6) is 0 Å². The Hall–Kier alpha value is -3.79. The Morgan fingerprint density at radius 1 is 1.14 bits per heavy atom. The van der Waals surface area contributed by atoms with Gasteiger partial charge in [0.25, 0.3) is 11.5 Å². The number of carbonyl (C=O) groups excluding carboxylic acids is 2. The first-order valence-electron chi connectivity index (χ1n) is 11.6. The van der Waals surface area contributed by atoms with Gasteiger partial charge >= 0.3 is 5.97 Å². The molecule has 0 aliphatic carbocycles. The number of nitrogens with one attached hydrogen (secondary N) is 1. The number of anilines is 1. The lowest BCUT2D eigenvalue weighted by molar-refractivity contribution is 0.0519. The van der Waals surface area contributed by atoms with Crippen LogP contribution in [0.25, 0.3) is 15.9 Å². The largest absolute Gasteiger partial charge is 0.461 e. The van der Waals surface area contributed by atoms with E-state index in [4.69, 9.17) is 9.72 Å². The van der Waals surface area contributed by atoms with Crippen molar-refractivity contribution in [3.8, 4) is 5.69 Å². The van der Waals surface area contributed by atoms with Crippen LogP contribution in [0.1, 0.15) is 57.7 Å². The Morgan fingerprint density at radius 3 is 2.71 bits per heavy atom. The lowest BCUT2D eigenvalue weighted by atomic mass is 10.2. The normalized spacial score (nSPS) is 13.3. The summed E-state index contributed by atoms with van der Waals surface area (Å²) in [5.74, 6) is 0.0643. The van der Waals surface area contributed by atoms with Crippen molar-refractivity contribution in [2.45, 2.75) is 46.1 Å². The van der Waals surface area contributed by atoms with E-state index in [1.807, 2.05) is 6.92 Å². The highest BCUT2D eigenvalue weighted by Gasteiger charge is 2.22. The molecule has 0 fully saturated rings. The van der Waals surface area contributed by atoms with Gasteiger partial charge in [0.05, 0.1) is 22.6 Å². The van der Waals surface area contributed by atoms with Crippen LogP contribution in [0.2, 0.25) is 0 Å². The molecule has 180 valence electrons. The number of ether oxygens (including phenoxy) is 1. The second-order valence-corrected chi connectivity index (χ2v) is 9.40. The summed E-state index contributed by atoms with van der Waals surface area (Å²) in [6.07, 6.45) is 5.54. The Kier molecular flexibility index (Phi) is 6.21. The molecule has 1 aliphatic heterocycles. The van der Waals surface area contributed by atoms with Gasteiger partial charge in [0, 0.05) is 24.8 Å². The average Bonchev–Trinajstić information content (AvgIpc) is 3.38. The van der Waals surface area contributed by atoms with E-state index in [1.54, 1.807) is 52.7 Å². The summed E-state index contributed by atoms with van der Waals surface area (Å²) in [7, 11) is 0. The molecule has 3 aromatic heterocycles. The number of hydrogen-bond donors (Lipinski definition) is 1. The fourth-order valence-corrected chi connectivity index (χ4v) is 5.38. The molecule has 0 bridgehead atoms. The summed E-state index contributed by atoms with van der Waals surface area (Å²) in [5.41, 5.74) is 2.18. The van der Waals surface area contributed by atoms with E-state index in [0.717, 1.165) is 37.2 Å². The van der Waals surface area contributed by atoms with Crippen molar-refractivity contribution in [2.75, 3.05) is 11.9 Å². The number of hydrogen-bond acceptors (Lipinski definition) is 7. The second kappa shape index (κ2) is 9.46. The van der Waals surface area contributed by atoms with E-state index < -0.39 is 5.97 Å². The molecule has 35 heavy (non-hydrogen) atoms. The van der Waals surface area contributed by atoms with Crippen LogP contribution in [-0.2, 0) is 17.7 Å². The molecule has 4 aromatic rings. The second-order valence-electron chi connectivity index (χ2n) is 8.40. The van der Waals surface area contributed by atoms with Crippen molar-refractivity contribution >= 4 is 39.1 Å². The van der Waals surface area contributed by atoms with E-state index >= 15 is 0 Å². The molecule has 0 spiro atoms. The van der Waals surface area contributed by atoms with E-state index in [-0.39, 0.29) is 23.8 Å². The Labute approximate surface area is 205 Å². The minimum atomic E-state index is -0.473. The minimum absolute atomic E-state index is 0.0505. The summed E-state index contributed by atoms with van der Waals surface area (Å²) < 4.78 is 8.31. The zero-order valence-electron chi connectivity index (χ0n) is 19.5. The SMILES string of the molecule is CCOC(=O)c1ccn(-c2ccc(NC(=O)c3sc4nc5n(c(=O)c4c3C)CCCCC5)cc2)n1. The minimum Gasteiger partial charge on any atom is -0.461 e. The first kappa shape index (κ1) is 23.0. The van der Waals surface area contributed by atoms with Gasteiger partial charge in [-0.2, -0.15) is 5.10 Å². The number of aromatic nitrogens is 4. The van der Waals surface area contributed by atoms with Gasteiger partial charge in [-0.3, -0.25) is 14.2 Å². The predicted octanol–water partition coefficient (Wildman–Crippen LogP) is 4.11. The van der Waals surface area contributed by atoms with E-state index in [1.165, 1.54) is 11.3 Å². The van der Waals surface area contributed by atoms with Gasteiger partial charge in [-0.25, -0.2) is 14.5 Å². The van der Waals surface area contributed by atoms with Crippen molar-refractivity contribution in [1.82, 2.24) is 19.3 Å². The molecule has 0 unspecified atom stereocenters. The van der Waals surface area contributed by atoms with Crippen LogP contribution in [-0.4, -0.2) is 37.8 Å². The van der Waals surface area contributed by atoms with E-state index in [2.05, 4.69) is 10.4 Å². The third-order valence-corrected chi connectivity index (χ3v) is 7.27. The molecule has 5 rings (SSSR count). The molecule has 1 aromatic carbocycles. The molecule has 9 nitrogen and oxygen atoms in total. The van der Waals surface area contributed by atoms with Gasteiger partial charge < -0.3 is 10.1 Å². The summed E-state index contributed by atoms with van der Waals surface area (Å²) in [6.45, 7) is 4.51. The summed E-state index contributed by atoms with van der Waals surface area (Å²) in [5, 5.41) is 7.69. The smallest absolute Gasteiger partial charge is 0.358 e. The van der Waals surface area contributed by atoms with Crippen LogP contribution in [0.15, 0.2) is 41.3 Å². The lowest BCUT2D eigenvalue weighted by Gasteiger charge is -2.08.